The van der Waals surface area contributed by atoms with Gasteiger partial charge in [-0.05, 0) is 34.7 Å². The molecule has 0 saturated heterocycles. The molecular weight excluding hydrogens is 608 g/mol. The van der Waals surface area contributed by atoms with Gasteiger partial charge in [0.15, 0.2) is 5.78 Å². The Balaban J connectivity index is 1.46. The van der Waals surface area contributed by atoms with Crippen LogP contribution in [0.5, 0.6) is 0 Å². The Morgan fingerprint density at radius 3 is 1.80 bits per heavy atom. The van der Waals surface area contributed by atoms with E-state index >= 15 is 0 Å². The Kier molecular flexibility index (Phi) is 9.47. The largest absolute Gasteiger partial charge is 0.480 e. The van der Waals surface area contributed by atoms with Crippen LogP contribution in [0.1, 0.15) is 53.0 Å². The van der Waals surface area contributed by atoms with Crippen molar-refractivity contribution in [3.05, 3.63) is 180 Å². The third-order valence-electron chi connectivity index (χ3n) is 8.91. The highest BCUT2D eigenvalue weighted by atomic mass is 16.4. The molecule has 7 nitrogen and oxygen atoms in total. The van der Waals surface area contributed by atoms with E-state index in [1.165, 1.54) is 0 Å². The van der Waals surface area contributed by atoms with Crippen LogP contribution in [0, 0.1) is 5.41 Å². The molecule has 0 radical (unpaired) electrons. The Morgan fingerprint density at radius 2 is 1.29 bits per heavy atom. The number of Topliss-reactive ketones (excluding diaryl/α,β-unsaturated/α-hetero) is 1. The summed E-state index contributed by atoms with van der Waals surface area (Å²) in [6.07, 6.45) is 5.53. The van der Waals surface area contributed by atoms with Gasteiger partial charge in [0.25, 0.3) is 0 Å². The van der Waals surface area contributed by atoms with Gasteiger partial charge in [-0.3, -0.25) is 14.6 Å². The standard InChI is InChI=1S/C42H38N4O3/c1-41(2,26-36(43)40(48)49)39(47)35-24-15-25-37(38(35)30-16-7-3-8-17-30)44-27-34-28-46(29-45-34)42(31-18-9-4-10-19-31,32-20-11-5-12-21-32)33-22-13-6-14-23-33/h3-25,27-29,36H,26,43H2,1-2H3,(H,48,49)/t36-/m0/s1. The molecule has 0 fully saturated rings. The summed E-state index contributed by atoms with van der Waals surface area (Å²) in [5.74, 6) is -1.35. The van der Waals surface area contributed by atoms with Crippen LogP contribution in [0.25, 0.3) is 11.1 Å². The highest BCUT2D eigenvalue weighted by molar-refractivity contribution is 6.08. The first kappa shape index (κ1) is 33.0. The van der Waals surface area contributed by atoms with Gasteiger partial charge in [-0.2, -0.15) is 0 Å². The molecule has 1 aromatic heterocycles. The van der Waals surface area contributed by atoms with Gasteiger partial charge >= 0.3 is 5.97 Å². The number of hydrogen-bond donors (Lipinski definition) is 2. The number of rotatable bonds is 12. The van der Waals surface area contributed by atoms with Crippen LogP contribution >= 0.6 is 0 Å². The van der Waals surface area contributed by atoms with Gasteiger partial charge < -0.3 is 15.4 Å². The fourth-order valence-electron chi connectivity index (χ4n) is 6.55. The van der Waals surface area contributed by atoms with Gasteiger partial charge in [0.2, 0.25) is 0 Å². The maximum absolute atomic E-state index is 14.0. The molecule has 0 unspecified atom stereocenters. The Bertz CT molecular complexity index is 1980. The molecule has 1 heterocycles. The van der Waals surface area contributed by atoms with E-state index in [0.29, 0.717) is 22.5 Å². The van der Waals surface area contributed by atoms with Gasteiger partial charge in [0, 0.05) is 22.7 Å². The highest BCUT2D eigenvalue weighted by Gasteiger charge is 2.38. The van der Waals surface area contributed by atoms with Gasteiger partial charge in [-0.1, -0.05) is 147 Å². The lowest BCUT2D eigenvalue weighted by molar-refractivity contribution is -0.139. The third-order valence-corrected chi connectivity index (χ3v) is 8.91. The minimum atomic E-state index is -1.16. The molecule has 0 aliphatic carbocycles. The highest BCUT2D eigenvalue weighted by Crippen LogP contribution is 2.41. The second kappa shape index (κ2) is 14.1. The fraction of sp³-hybridized carbons (Fsp3) is 0.143. The maximum atomic E-state index is 14.0. The van der Waals surface area contributed by atoms with Crippen molar-refractivity contribution in [1.29, 1.82) is 0 Å². The molecule has 6 aromatic rings. The number of imidazole rings is 1. The van der Waals surface area contributed by atoms with Crippen LogP contribution in [0.2, 0.25) is 0 Å². The number of nitrogens with two attached hydrogens (primary N) is 1. The lowest BCUT2D eigenvalue weighted by atomic mass is 9.77. The van der Waals surface area contributed by atoms with Crippen LogP contribution in [0.15, 0.2) is 157 Å². The number of aliphatic imine (C=N–C) groups is 1. The maximum Gasteiger partial charge on any atom is 0.320 e. The number of nitrogens with zero attached hydrogens (tertiary/aromatic N) is 3. The lowest BCUT2D eigenvalue weighted by Crippen LogP contribution is -2.38. The molecule has 0 amide bonds. The third kappa shape index (κ3) is 6.62. The molecule has 6 rings (SSSR count). The number of carbonyl (C=O) groups is 2. The van der Waals surface area contributed by atoms with E-state index in [2.05, 4.69) is 41.0 Å². The Morgan fingerprint density at radius 1 is 0.776 bits per heavy atom. The Hall–Kier alpha value is -5.92. The van der Waals surface area contributed by atoms with Gasteiger partial charge in [0.05, 0.1) is 23.9 Å². The van der Waals surface area contributed by atoms with Crippen LogP contribution < -0.4 is 5.73 Å². The second-order valence-electron chi connectivity index (χ2n) is 12.7. The predicted molar refractivity (Wildman–Crippen MR) is 194 cm³/mol. The normalized spacial score (nSPS) is 12.6. The van der Waals surface area contributed by atoms with Crippen LogP contribution in [0.4, 0.5) is 5.69 Å². The first-order chi connectivity index (χ1) is 23.7. The van der Waals surface area contributed by atoms with Crippen LogP contribution in [0.3, 0.4) is 0 Å². The number of hydrogen-bond acceptors (Lipinski definition) is 5. The predicted octanol–water partition coefficient (Wildman–Crippen LogP) is 8.15. The number of benzene rings is 5. The molecule has 1 atom stereocenters. The number of ketones is 1. The quantitative estimate of drug-likeness (QED) is 0.0792. The van der Waals surface area contributed by atoms with Crippen molar-refractivity contribution in [3.63, 3.8) is 0 Å². The summed E-state index contributed by atoms with van der Waals surface area (Å²) in [4.78, 5) is 35.3. The topological polar surface area (TPSA) is 111 Å². The molecule has 0 saturated carbocycles. The molecule has 244 valence electrons. The summed E-state index contributed by atoms with van der Waals surface area (Å²) >= 11 is 0. The summed E-state index contributed by atoms with van der Waals surface area (Å²) in [5, 5.41) is 9.44. The molecule has 3 N–H and O–H groups in total. The van der Waals surface area contributed by atoms with Crippen LogP contribution in [-0.2, 0) is 10.3 Å². The van der Waals surface area contributed by atoms with Crippen molar-refractivity contribution in [2.75, 3.05) is 0 Å². The van der Waals surface area contributed by atoms with E-state index in [0.717, 1.165) is 22.3 Å². The van der Waals surface area contributed by atoms with Crippen molar-refractivity contribution in [3.8, 4) is 11.1 Å². The fourth-order valence-corrected chi connectivity index (χ4v) is 6.55. The van der Waals surface area contributed by atoms with Crippen molar-refractivity contribution in [1.82, 2.24) is 9.55 Å². The van der Waals surface area contributed by atoms with Gasteiger partial charge in [0.1, 0.15) is 11.6 Å². The van der Waals surface area contributed by atoms with E-state index in [1.54, 1.807) is 32.2 Å². The number of carbonyl (C=O) groups excluding carboxylic acids is 1. The van der Waals surface area contributed by atoms with Gasteiger partial charge in [-0.25, -0.2) is 4.98 Å². The average molecular weight is 647 g/mol. The zero-order chi connectivity index (χ0) is 34.4. The number of carboxylic acids is 1. The van der Waals surface area contributed by atoms with Gasteiger partial charge in [-0.15, -0.1) is 0 Å². The van der Waals surface area contributed by atoms with E-state index in [-0.39, 0.29) is 12.2 Å². The van der Waals surface area contributed by atoms with E-state index < -0.39 is 23.0 Å². The first-order valence-corrected chi connectivity index (χ1v) is 16.2. The molecule has 0 aliphatic rings. The summed E-state index contributed by atoms with van der Waals surface area (Å²) in [5.41, 5.74) is 10.5. The van der Waals surface area contributed by atoms with E-state index in [9.17, 15) is 14.7 Å². The Labute approximate surface area is 286 Å². The summed E-state index contributed by atoms with van der Waals surface area (Å²) < 4.78 is 2.13. The summed E-state index contributed by atoms with van der Waals surface area (Å²) in [7, 11) is 0. The minimum absolute atomic E-state index is 0.00762. The zero-order valence-electron chi connectivity index (χ0n) is 27.5. The molecule has 0 bridgehead atoms. The van der Waals surface area contributed by atoms with Crippen molar-refractivity contribution < 1.29 is 14.7 Å². The zero-order valence-corrected chi connectivity index (χ0v) is 27.5. The van der Waals surface area contributed by atoms with Crippen LogP contribution in [-0.4, -0.2) is 38.7 Å². The molecule has 0 aliphatic heterocycles. The monoisotopic (exact) mass is 646 g/mol. The molecular formula is C42H38N4O3. The minimum Gasteiger partial charge on any atom is -0.480 e. The molecule has 7 heteroatoms. The van der Waals surface area contributed by atoms with E-state index in [4.69, 9.17) is 15.7 Å². The average Bonchev–Trinajstić information content (AvgIpc) is 3.61. The van der Waals surface area contributed by atoms with Crippen molar-refractivity contribution >= 4 is 23.7 Å². The number of aromatic nitrogens is 2. The van der Waals surface area contributed by atoms with Crippen molar-refractivity contribution in [2.24, 2.45) is 16.1 Å². The number of carboxylic acid groups (broad SMARTS) is 1. The molecule has 0 spiro atoms. The molecule has 49 heavy (non-hydrogen) atoms. The lowest BCUT2D eigenvalue weighted by Gasteiger charge is -2.37. The second-order valence-corrected chi connectivity index (χ2v) is 12.7. The van der Waals surface area contributed by atoms with E-state index in [1.807, 2.05) is 104 Å². The summed E-state index contributed by atoms with van der Waals surface area (Å²) in [6, 6.07) is 45.0. The number of aliphatic carboxylic acids is 1. The molecule has 5 aromatic carbocycles. The SMILES string of the molecule is CC(C)(C[C@H](N)C(=O)O)C(=O)c1cccc(N=Cc2cn(C(c3ccccc3)(c3ccccc3)c3ccccc3)cn2)c1-c1ccccc1. The summed E-state index contributed by atoms with van der Waals surface area (Å²) in [6.45, 7) is 3.46. The smallest absolute Gasteiger partial charge is 0.320 e. The van der Waals surface area contributed by atoms with Crippen molar-refractivity contribution in [2.45, 2.75) is 31.8 Å². The first-order valence-electron chi connectivity index (χ1n) is 16.2.